The fourth-order valence-corrected chi connectivity index (χ4v) is 2.39. The summed E-state index contributed by atoms with van der Waals surface area (Å²) < 4.78 is 5.56. The zero-order valence-electron chi connectivity index (χ0n) is 13.6. The van der Waals surface area contributed by atoms with Gasteiger partial charge >= 0.3 is 0 Å². The van der Waals surface area contributed by atoms with E-state index in [1.165, 1.54) is 11.1 Å². The topological polar surface area (TPSA) is 38.3 Å². The van der Waals surface area contributed by atoms with Gasteiger partial charge in [-0.05, 0) is 62.1 Å². The van der Waals surface area contributed by atoms with Gasteiger partial charge in [-0.2, -0.15) is 0 Å². The Balaban J connectivity index is 1.90. The predicted octanol–water partition coefficient (Wildman–Crippen LogP) is 3.87. The second-order valence-electron chi connectivity index (χ2n) is 5.68. The van der Waals surface area contributed by atoms with Crippen molar-refractivity contribution in [1.29, 1.82) is 0 Å². The molecule has 1 atom stereocenters. The number of hydrogen-bond acceptors (Lipinski definition) is 2. The molecule has 22 heavy (non-hydrogen) atoms. The van der Waals surface area contributed by atoms with E-state index < -0.39 is 0 Å². The number of rotatable bonds is 5. The largest absolute Gasteiger partial charge is 0.484 e. The summed E-state index contributed by atoms with van der Waals surface area (Å²) >= 11 is 0. The Labute approximate surface area is 132 Å². The molecule has 0 aliphatic rings. The Hall–Kier alpha value is -2.29. The molecule has 0 fully saturated rings. The van der Waals surface area contributed by atoms with Gasteiger partial charge in [-0.3, -0.25) is 4.79 Å². The molecule has 2 aromatic carbocycles. The number of aryl methyl sites for hydroxylation is 3. The first-order valence-electron chi connectivity index (χ1n) is 7.52. The van der Waals surface area contributed by atoms with Crippen LogP contribution in [0.4, 0.5) is 0 Å². The van der Waals surface area contributed by atoms with E-state index in [1.54, 1.807) is 0 Å². The average molecular weight is 297 g/mol. The predicted molar refractivity (Wildman–Crippen MR) is 89.1 cm³/mol. The number of ether oxygens (including phenoxy) is 1. The van der Waals surface area contributed by atoms with Crippen LogP contribution in [0.3, 0.4) is 0 Å². The second-order valence-corrected chi connectivity index (χ2v) is 5.68. The minimum atomic E-state index is -0.117. The lowest BCUT2D eigenvalue weighted by Gasteiger charge is -2.17. The van der Waals surface area contributed by atoms with Crippen LogP contribution in [-0.2, 0) is 4.79 Å². The molecule has 2 rings (SSSR count). The number of carbonyl (C=O) groups is 1. The summed E-state index contributed by atoms with van der Waals surface area (Å²) in [7, 11) is 0. The number of carbonyl (C=O) groups excluding carboxylic acids is 1. The van der Waals surface area contributed by atoms with Crippen molar-refractivity contribution >= 4 is 5.91 Å². The van der Waals surface area contributed by atoms with E-state index in [2.05, 4.69) is 12.2 Å². The van der Waals surface area contributed by atoms with Crippen molar-refractivity contribution in [2.45, 2.75) is 33.7 Å². The Morgan fingerprint density at radius 3 is 2.45 bits per heavy atom. The molecular formula is C19H23NO2. The summed E-state index contributed by atoms with van der Waals surface area (Å²) in [5.41, 5.74) is 4.67. The van der Waals surface area contributed by atoms with Crippen LogP contribution in [0.1, 0.15) is 35.2 Å². The number of amides is 1. The van der Waals surface area contributed by atoms with Crippen molar-refractivity contribution < 1.29 is 9.53 Å². The van der Waals surface area contributed by atoms with Crippen LogP contribution in [0.5, 0.6) is 5.75 Å². The minimum absolute atomic E-state index is 0.0265. The summed E-state index contributed by atoms with van der Waals surface area (Å²) in [6.07, 6.45) is 0. The molecule has 116 valence electrons. The van der Waals surface area contributed by atoms with Crippen LogP contribution in [0, 0.1) is 20.8 Å². The third-order valence-corrected chi connectivity index (χ3v) is 3.88. The monoisotopic (exact) mass is 297 g/mol. The Kier molecular flexibility index (Phi) is 5.21. The highest BCUT2D eigenvalue weighted by atomic mass is 16.5. The summed E-state index contributed by atoms with van der Waals surface area (Å²) in [6.45, 7) is 8.14. The summed E-state index contributed by atoms with van der Waals surface area (Å²) in [4.78, 5) is 12.0. The Morgan fingerprint density at radius 1 is 1.05 bits per heavy atom. The summed E-state index contributed by atoms with van der Waals surface area (Å²) in [5.74, 6) is 0.607. The summed E-state index contributed by atoms with van der Waals surface area (Å²) in [6, 6.07) is 13.9. The third-order valence-electron chi connectivity index (χ3n) is 3.88. The van der Waals surface area contributed by atoms with Crippen LogP contribution < -0.4 is 10.1 Å². The molecule has 3 nitrogen and oxygen atoms in total. The van der Waals surface area contributed by atoms with Crippen molar-refractivity contribution in [2.24, 2.45) is 0 Å². The standard InChI is InChI=1S/C19H23NO2/c1-13-9-10-17(11-15(13)3)22-12-19(21)20-16(4)18-8-6-5-7-14(18)2/h5-11,16H,12H2,1-4H3,(H,20,21). The van der Waals surface area contributed by atoms with Crippen LogP contribution in [0.15, 0.2) is 42.5 Å². The molecule has 0 heterocycles. The SMILES string of the molecule is Cc1ccc(OCC(=O)NC(C)c2ccccc2C)cc1C. The number of nitrogens with one attached hydrogen (secondary N) is 1. The van der Waals surface area contributed by atoms with E-state index in [-0.39, 0.29) is 18.6 Å². The lowest BCUT2D eigenvalue weighted by molar-refractivity contribution is -0.123. The lowest BCUT2D eigenvalue weighted by Crippen LogP contribution is -2.31. The molecule has 0 aliphatic heterocycles. The maximum absolute atomic E-state index is 12.0. The molecule has 3 heteroatoms. The minimum Gasteiger partial charge on any atom is -0.484 e. The highest BCUT2D eigenvalue weighted by molar-refractivity contribution is 5.78. The molecule has 0 saturated heterocycles. The van der Waals surface area contributed by atoms with Crippen LogP contribution in [-0.4, -0.2) is 12.5 Å². The van der Waals surface area contributed by atoms with E-state index in [0.717, 1.165) is 16.9 Å². The zero-order chi connectivity index (χ0) is 16.1. The molecule has 0 aromatic heterocycles. The maximum Gasteiger partial charge on any atom is 0.258 e. The van der Waals surface area contributed by atoms with Gasteiger partial charge in [0.25, 0.3) is 5.91 Å². The average Bonchev–Trinajstić information content (AvgIpc) is 2.49. The van der Waals surface area contributed by atoms with Gasteiger partial charge in [0.2, 0.25) is 0 Å². The normalized spacial score (nSPS) is 11.8. The third kappa shape index (κ3) is 4.10. The van der Waals surface area contributed by atoms with E-state index >= 15 is 0 Å². The second kappa shape index (κ2) is 7.12. The molecule has 2 aromatic rings. The number of hydrogen-bond donors (Lipinski definition) is 1. The summed E-state index contributed by atoms with van der Waals surface area (Å²) in [5, 5.41) is 2.97. The molecule has 1 N–H and O–H groups in total. The van der Waals surface area contributed by atoms with Crippen molar-refractivity contribution in [3.63, 3.8) is 0 Å². The van der Waals surface area contributed by atoms with Gasteiger partial charge in [-0.15, -0.1) is 0 Å². The van der Waals surface area contributed by atoms with E-state index in [1.807, 2.05) is 63.2 Å². The van der Waals surface area contributed by atoms with Crippen molar-refractivity contribution in [2.75, 3.05) is 6.61 Å². The molecule has 0 saturated carbocycles. The van der Waals surface area contributed by atoms with Crippen molar-refractivity contribution in [3.8, 4) is 5.75 Å². The van der Waals surface area contributed by atoms with Crippen LogP contribution in [0.25, 0.3) is 0 Å². The van der Waals surface area contributed by atoms with E-state index in [4.69, 9.17) is 4.74 Å². The van der Waals surface area contributed by atoms with Gasteiger partial charge in [0.15, 0.2) is 6.61 Å². The highest BCUT2D eigenvalue weighted by Crippen LogP contribution is 2.18. The molecule has 0 radical (unpaired) electrons. The Morgan fingerprint density at radius 2 is 1.77 bits per heavy atom. The van der Waals surface area contributed by atoms with Crippen LogP contribution >= 0.6 is 0 Å². The molecular weight excluding hydrogens is 274 g/mol. The molecule has 0 aliphatic carbocycles. The van der Waals surface area contributed by atoms with Gasteiger partial charge in [-0.1, -0.05) is 30.3 Å². The van der Waals surface area contributed by atoms with Crippen molar-refractivity contribution in [3.05, 3.63) is 64.7 Å². The fraction of sp³-hybridized carbons (Fsp3) is 0.316. The Bertz CT molecular complexity index is 664. The van der Waals surface area contributed by atoms with Crippen molar-refractivity contribution in [1.82, 2.24) is 5.32 Å². The number of benzene rings is 2. The van der Waals surface area contributed by atoms with Gasteiger partial charge in [0, 0.05) is 0 Å². The smallest absolute Gasteiger partial charge is 0.258 e. The first-order chi connectivity index (χ1) is 10.5. The van der Waals surface area contributed by atoms with E-state index in [9.17, 15) is 4.79 Å². The first-order valence-corrected chi connectivity index (χ1v) is 7.52. The van der Waals surface area contributed by atoms with Gasteiger partial charge in [-0.25, -0.2) is 0 Å². The quantitative estimate of drug-likeness (QED) is 0.910. The lowest BCUT2D eigenvalue weighted by atomic mass is 10.0. The molecule has 1 amide bonds. The molecule has 0 spiro atoms. The molecule has 1 unspecified atom stereocenters. The fourth-order valence-electron chi connectivity index (χ4n) is 2.39. The van der Waals surface area contributed by atoms with Gasteiger partial charge < -0.3 is 10.1 Å². The van der Waals surface area contributed by atoms with Crippen LogP contribution in [0.2, 0.25) is 0 Å². The molecule has 0 bridgehead atoms. The zero-order valence-corrected chi connectivity index (χ0v) is 13.6. The van der Waals surface area contributed by atoms with E-state index in [0.29, 0.717) is 0 Å². The van der Waals surface area contributed by atoms with Gasteiger partial charge in [0.05, 0.1) is 6.04 Å². The maximum atomic E-state index is 12.0. The first kappa shape index (κ1) is 16.1. The van der Waals surface area contributed by atoms with Gasteiger partial charge in [0.1, 0.15) is 5.75 Å². The highest BCUT2D eigenvalue weighted by Gasteiger charge is 2.11.